The highest BCUT2D eigenvalue weighted by Gasteiger charge is 2.65. The molecule has 1 heterocycles. The summed E-state index contributed by atoms with van der Waals surface area (Å²) >= 11 is 0. The number of hydrogen-bond donors (Lipinski definition) is 3. The van der Waals surface area contributed by atoms with Gasteiger partial charge in [0.2, 0.25) is 19.2 Å². The Balaban J connectivity index is 1.74. The van der Waals surface area contributed by atoms with Gasteiger partial charge in [-0.3, -0.25) is 14.2 Å². The number of rotatable bonds is 10. The van der Waals surface area contributed by atoms with E-state index in [9.17, 15) is 23.8 Å². The number of ether oxygens (including phenoxy) is 1. The summed E-state index contributed by atoms with van der Waals surface area (Å²) in [5.74, 6) is -1.00. The van der Waals surface area contributed by atoms with E-state index < -0.39 is 42.1 Å². The summed E-state index contributed by atoms with van der Waals surface area (Å²) in [7, 11) is -3.73. The van der Waals surface area contributed by atoms with E-state index in [0.29, 0.717) is 25.8 Å². The van der Waals surface area contributed by atoms with Crippen LogP contribution in [0.2, 0.25) is 0 Å². The topological polar surface area (TPSA) is 125 Å². The van der Waals surface area contributed by atoms with Gasteiger partial charge < -0.3 is 25.2 Å². The van der Waals surface area contributed by atoms with E-state index in [2.05, 4.69) is 17.2 Å². The quantitative estimate of drug-likeness (QED) is 0.279. The number of alkyl carbamates (subject to hydrolysis) is 1. The van der Waals surface area contributed by atoms with Crippen molar-refractivity contribution >= 4 is 25.3 Å². The molecule has 3 aliphatic rings. The van der Waals surface area contributed by atoms with Crippen LogP contribution in [0.25, 0.3) is 0 Å². The molecule has 1 saturated heterocycles. The molecule has 0 aromatic heterocycles. The summed E-state index contributed by atoms with van der Waals surface area (Å²) in [5.41, 5.74) is -0.613. The third-order valence-electron chi connectivity index (χ3n) is 8.28. The lowest BCUT2D eigenvalue weighted by Gasteiger charge is -2.36. The summed E-state index contributed by atoms with van der Waals surface area (Å²) in [4.78, 5) is 52.4. The van der Waals surface area contributed by atoms with Gasteiger partial charge in [0, 0.05) is 18.6 Å². The Kier molecular flexibility index (Phi) is 9.22. The van der Waals surface area contributed by atoms with Gasteiger partial charge >= 0.3 is 6.09 Å². The van der Waals surface area contributed by atoms with Crippen molar-refractivity contribution in [2.45, 2.75) is 109 Å². The smallest absolute Gasteiger partial charge is 0.408 e. The third-order valence-corrected chi connectivity index (χ3v) is 11.3. The van der Waals surface area contributed by atoms with Crippen LogP contribution >= 0.6 is 7.37 Å². The van der Waals surface area contributed by atoms with E-state index in [1.54, 1.807) is 6.08 Å². The van der Waals surface area contributed by atoms with E-state index in [1.165, 1.54) is 4.90 Å². The van der Waals surface area contributed by atoms with Crippen molar-refractivity contribution in [3.8, 4) is 0 Å². The summed E-state index contributed by atoms with van der Waals surface area (Å²) in [5, 5.41) is 4.45. The van der Waals surface area contributed by atoms with Crippen LogP contribution in [0.15, 0.2) is 12.7 Å². The van der Waals surface area contributed by atoms with Crippen molar-refractivity contribution in [1.82, 2.24) is 15.5 Å². The van der Waals surface area contributed by atoms with Crippen LogP contribution in [0, 0.1) is 17.3 Å². The average molecular weight is 540 g/mol. The zero-order valence-corrected chi connectivity index (χ0v) is 24.0. The van der Waals surface area contributed by atoms with Gasteiger partial charge in [-0.15, -0.1) is 6.58 Å². The standard InChI is InChI=1S/C27H46N3O6P/c1-7-18(3)17-37(34,35)27(16-19(27)8-2)29-23(31)21-14-11-15-30(21)24(32)22(26(4,5)6)28-25(33)36-20-12-9-10-13-20/h8,18-22H,2,7,9-17H2,1,3-6H3,(H,28,33)(H,29,31)(H,34,35)/t18?,19-,21+,22-,27+/m1/s1. The molecule has 37 heavy (non-hydrogen) atoms. The molecule has 2 saturated carbocycles. The molecule has 9 nitrogen and oxygen atoms in total. The number of nitrogens with zero attached hydrogens (tertiary/aromatic N) is 1. The van der Waals surface area contributed by atoms with Crippen LogP contribution in [-0.4, -0.2) is 63.9 Å². The van der Waals surface area contributed by atoms with Gasteiger partial charge in [0.25, 0.3) is 0 Å². The van der Waals surface area contributed by atoms with Gasteiger partial charge in [0.15, 0.2) is 0 Å². The Morgan fingerprint density at radius 1 is 1.22 bits per heavy atom. The average Bonchev–Trinajstić information content (AvgIpc) is 3.16. The second kappa shape index (κ2) is 11.5. The molecule has 10 heteroatoms. The van der Waals surface area contributed by atoms with Gasteiger partial charge in [-0.2, -0.15) is 0 Å². The maximum atomic E-state index is 13.7. The highest BCUT2D eigenvalue weighted by molar-refractivity contribution is 7.60. The van der Waals surface area contributed by atoms with E-state index >= 15 is 0 Å². The lowest BCUT2D eigenvalue weighted by molar-refractivity contribution is -0.142. The lowest BCUT2D eigenvalue weighted by Crippen LogP contribution is -2.58. The Hall–Kier alpha value is -1.86. The molecule has 3 N–H and O–H groups in total. The molecule has 0 aromatic carbocycles. The van der Waals surface area contributed by atoms with Gasteiger partial charge in [-0.25, -0.2) is 4.79 Å². The molecule has 0 spiro atoms. The number of hydrogen-bond acceptors (Lipinski definition) is 5. The molecule has 3 rings (SSSR count). The normalized spacial score (nSPS) is 29.2. The van der Waals surface area contributed by atoms with E-state index in [0.717, 1.165) is 32.1 Å². The monoisotopic (exact) mass is 539 g/mol. The maximum absolute atomic E-state index is 13.7. The van der Waals surface area contributed by atoms with Crippen molar-refractivity contribution in [2.24, 2.45) is 17.3 Å². The van der Waals surface area contributed by atoms with Crippen LogP contribution in [0.5, 0.6) is 0 Å². The van der Waals surface area contributed by atoms with Crippen LogP contribution in [-0.2, 0) is 18.9 Å². The first-order valence-corrected chi connectivity index (χ1v) is 15.6. The first-order valence-electron chi connectivity index (χ1n) is 13.8. The van der Waals surface area contributed by atoms with Gasteiger partial charge in [0.05, 0.1) is 0 Å². The van der Waals surface area contributed by atoms with Gasteiger partial charge in [-0.05, 0) is 56.3 Å². The maximum Gasteiger partial charge on any atom is 0.408 e. The molecular weight excluding hydrogens is 493 g/mol. The zero-order valence-electron chi connectivity index (χ0n) is 23.1. The molecule has 0 bridgehead atoms. The number of nitrogens with one attached hydrogen (secondary N) is 2. The number of carbonyl (C=O) groups excluding carboxylic acids is 3. The van der Waals surface area contributed by atoms with E-state index in [1.807, 2.05) is 34.6 Å². The molecule has 1 aliphatic heterocycles. The van der Waals surface area contributed by atoms with Crippen LogP contribution in [0.1, 0.15) is 86.0 Å². The molecule has 210 valence electrons. The number of likely N-dealkylation sites (tertiary alicyclic amines) is 1. The lowest BCUT2D eigenvalue weighted by atomic mass is 9.85. The van der Waals surface area contributed by atoms with Crippen molar-refractivity contribution in [2.75, 3.05) is 12.7 Å². The van der Waals surface area contributed by atoms with E-state index in [-0.39, 0.29) is 30.0 Å². The predicted molar refractivity (Wildman–Crippen MR) is 143 cm³/mol. The Bertz CT molecular complexity index is 928. The van der Waals surface area contributed by atoms with Crippen molar-refractivity contribution in [1.29, 1.82) is 0 Å². The molecule has 3 fully saturated rings. The molecular formula is C27H46N3O6P. The molecule has 3 amide bonds. The second-order valence-electron chi connectivity index (χ2n) is 12.3. The van der Waals surface area contributed by atoms with Gasteiger partial charge in [0.1, 0.15) is 23.5 Å². The molecule has 6 atom stereocenters. The first-order chi connectivity index (χ1) is 17.3. The zero-order chi connectivity index (χ0) is 27.6. The Morgan fingerprint density at radius 2 is 1.86 bits per heavy atom. The van der Waals surface area contributed by atoms with Crippen LogP contribution in [0.4, 0.5) is 4.79 Å². The summed E-state index contributed by atoms with van der Waals surface area (Å²) in [6.45, 7) is 13.7. The highest BCUT2D eigenvalue weighted by atomic mass is 31.2. The molecule has 0 aromatic rings. The minimum atomic E-state index is -3.73. The SMILES string of the molecule is C=C[C@@H]1C[C@]1(NC(=O)[C@@H]1CCCN1C(=O)[C@@H](NC(=O)OC1CCCC1)C(C)(C)C)P(=O)(O)CC(C)CC. The van der Waals surface area contributed by atoms with Crippen molar-refractivity contribution < 1.29 is 28.6 Å². The summed E-state index contributed by atoms with van der Waals surface area (Å²) < 4.78 is 19.0. The highest BCUT2D eigenvalue weighted by Crippen LogP contribution is 2.70. The van der Waals surface area contributed by atoms with Gasteiger partial charge in [-0.1, -0.05) is 47.1 Å². The first kappa shape index (κ1) is 29.7. The fourth-order valence-electron chi connectivity index (χ4n) is 5.63. The Morgan fingerprint density at radius 3 is 2.41 bits per heavy atom. The van der Waals surface area contributed by atoms with Crippen LogP contribution in [0.3, 0.4) is 0 Å². The number of amides is 3. The Labute approximate surface area is 221 Å². The molecule has 2 aliphatic carbocycles. The second-order valence-corrected chi connectivity index (χ2v) is 14.9. The largest absolute Gasteiger partial charge is 0.446 e. The van der Waals surface area contributed by atoms with Crippen LogP contribution < -0.4 is 10.6 Å². The van der Waals surface area contributed by atoms with Crippen molar-refractivity contribution in [3.63, 3.8) is 0 Å². The van der Waals surface area contributed by atoms with Crippen molar-refractivity contribution in [3.05, 3.63) is 12.7 Å². The number of carbonyl (C=O) groups is 3. The predicted octanol–water partition coefficient (Wildman–Crippen LogP) is 4.40. The summed E-state index contributed by atoms with van der Waals surface area (Å²) in [6, 6.07) is -1.64. The van der Waals surface area contributed by atoms with E-state index in [4.69, 9.17) is 4.74 Å². The fourth-order valence-corrected chi connectivity index (χ4v) is 8.45. The third kappa shape index (κ3) is 6.59. The summed E-state index contributed by atoms with van der Waals surface area (Å²) in [6.07, 6.45) is 6.95. The minimum Gasteiger partial charge on any atom is -0.446 e. The molecule has 2 unspecified atom stereocenters. The fraction of sp³-hybridized carbons (Fsp3) is 0.815. The minimum absolute atomic E-state index is 0.0443. The molecule has 0 radical (unpaired) electrons.